The molecule has 20 heavy (non-hydrogen) atoms. The summed E-state index contributed by atoms with van der Waals surface area (Å²) < 4.78 is 27.1. The van der Waals surface area contributed by atoms with Crippen LogP contribution in [0.3, 0.4) is 0 Å². The van der Waals surface area contributed by atoms with Crippen molar-refractivity contribution in [3.05, 3.63) is 29.8 Å². The first-order valence-corrected chi connectivity index (χ1v) is 8.75. The topological polar surface area (TPSA) is 49.4 Å². The van der Waals surface area contributed by atoms with Gasteiger partial charge in [0.25, 0.3) is 0 Å². The van der Waals surface area contributed by atoms with Crippen molar-refractivity contribution in [1.82, 2.24) is 9.62 Å². The van der Waals surface area contributed by atoms with Gasteiger partial charge in [0.1, 0.15) is 0 Å². The van der Waals surface area contributed by atoms with Crippen LogP contribution in [0.25, 0.3) is 0 Å². The minimum absolute atomic E-state index is 0.0967. The van der Waals surface area contributed by atoms with Gasteiger partial charge < -0.3 is 5.32 Å². The fraction of sp³-hybridized carbons (Fsp3) is 0.600. The van der Waals surface area contributed by atoms with Crippen molar-refractivity contribution in [3.63, 3.8) is 0 Å². The van der Waals surface area contributed by atoms with Gasteiger partial charge in [-0.2, -0.15) is 4.31 Å². The molecule has 0 amide bonds. The molecule has 1 atom stereocenters. The first kappa shape index (κ1) is 15.5. The molecule has 1 N–H and O–H groups in total. The van der Waals surface area contributed by atoms with Crippen LogP contribution in [0.2, 0.25) is 0 Å². The Morgan fingerprint density at radius 3 is 2.55 bits per heavy atom. The van der Waals surface area contributed by atoms with Crippen molar-refractivity contribution in [2.45, 2.75) is 50.1 Å². The Morgan fingerprint density at radius 1 is 1.20 bits per heavy atom. The molecule has 0 bridgehead atoms. The van der Waals surface area contributed by atoms with Crippen molar-refractivity contribution >= 4 is 10.0 Å². The SMILES string of the molecule is CNCc1ccc(S(=O)(=O)N2CCCCCC2C)cc1. The van der Waals surface area contributed by atoms with Crippen molar-refractivity contribution < 1.29 is 8.42 Å². The summed E-state index contributed by atoms with van der Waals surface area (Å²) in [5.74, 6) is 0. The summed E-state index contributed by atoms with van der Waals surface area (Å²) in [5.41, 5.74) is 1.09. The standard InChI is InChI=1S/C15H24N2O2S/c1-13-6-4-3-5-11-17(13)20(18,19)15-9-7-14(8-10-15)12-16-2/h7-10,13,16H,3-6,11-12H2,1-2H3. The van der Waals surface area contributed by atoms with E-state index >= 15 is 0 Å². The molecule has 1 fully saturated rings. The maximum Gasteiger partial charge on any atom is 0.243 e. The Labute approximate surface area is 122 Å². The highest BCUT2D eigenvalue weighted by atomic mass is 32.2. The third kappa shape index (κ3) is 3.40. The summed E-state index contributed by atoms with van der Waals surface area (Å²) >= 11 is 0. The van der Waals surface area contributed by atoms with Gasteiger partial charge in [0.2, 0.25) is 10.0 Å². The summed E-state index contributed by atoms with van der Waals surface area (Å²) in [6.45, 7) is 3.40. The Balaban J connectivity index is 2.24. The number of benzene rings is 1. The first-order valence-electron chi connectivity index (χ1n) is 7.31. The van der Waals surface area contributed by atoms with Gasteiger partial charge in [0, 0.05) is 19.1 Å². The van der Waals surface area contributed by atoms with Gasteiger partial charge in [-0.15, -0.1) is 0 Å². The van der Waals surface area contributed by atoms with Crippen LogP contribution in [0.15, 0.2) is 29.2 Å². The summed E-state index contributed by atoms with van der Waals surface area (Å²) in [6, 6.07) is 7.30. The van der Waals surface area contributed by atoms with Crippen molar-refractivity contribution in [2.75, 3.05) is 13.6 Å². The van der Waals surface area contributed by atoms with E-state index in [-0.39, 0.29) is 6.04 Å². The van der Waals surface area contributed by atoms with Crippen molar-refractivity contribution in [1.29, 1.82) is 0 Å². The molecule has 2 rings (SSSR count). The van der Waals surface area contributed by atoms with Gasteiger partial charge in [0.05, 0.1) is 4.90 Å². The van der Waals surface area contributed by atoms with Crippen LogP contribution in [-0.2, 0) is 16.6 Å². The van der Waals surface area contributed by atoms with Gasteiger partial charge in [-0.3, -0.25) is 0 Å². The molecule has 0 radical (unpaired) electrons. The molecule has 5 heteroatoms. The van der Waals surface area contributed by atoms with Gasteiger partial charge in [0.15, 0.2) is 0 Å². The van der Waals surface area contributed by atoms with Crippen LogP contribution in [0.5, 0.6) is 0 Å². The molecule has 0 saturated carbocycles. The average molecular weight is 296 g/mol. The maximum atomic E-state index is 12.7. The molecule has 1 heterocycles. The molecule has 1 aliphatic rings. The second kappa shape index (κ2) is 6.70. The molecule has 0 aromatic heterocycles. The number of hydrogen-bond acceptors (Lipinski definition) is 3. The second-order valence-electron chi connectivity index (χ2n) is 5.49. The molecule has 1 aliphatic heterocycles. The smallest absolute Gasteiger partial charge is 0.243 e. The second-order valence-corrected chi connectivity index (χ2v) is 7.38. The van der Waals surface area contributed by atoms with E-state index in [2.05, 4.69) is 5.32 Å². The van der Waals surface area contributed by atoms with Gasteiger partial charge in [-0.1, -0.05) is 25.0 Å². The maximum absolute atomic E-state index is 12.7. The molecule has 1 saturated heterocycles. The lowest BCUT2D eigenvalue weighted by Crippen LogP contribution is -2.38. The van der Waals surface area contributed by atoms with E-state index in [0.717, 1.165) is 37.8 Å². The average Bonchev–Trinajstić information content (AvgIpc) is 2.65. The Hall–Kier alpha value is -0.910. The molecule has 1 aromatic carbocycles. The highest BCUT2D eigenvalue weighted by Crippen LogP contribution is 2.24. The predicted octanol–water partition coefficient (Wildman–Crippen LogP) is 2.36. The lowest BCUT2D eigenvalue weighted by Gasteiger charge is -2.26. The van der Waals surface area contributed by atoms with E-state index in [9.17, 15) is 8.42 Å². The van der Waals surface area contributed by atoms with E-state index in [0.29, 0.717) is 11.4 Å². The molecule has 0 aliphatic carbocycles. The molecule has 0 spiro atoms. The molecular weight excluding hydrogens is 272 g/mol. The van der Waals surface area contributed by atoms with Crippen molar-refractivity contribution in [3.8, 4) is 0 Å². The van der Waals surface area contributed by atoms with E-state index in [1.807, 2.05) is 26.1 Å². The van der Waals surface area contributed by atoms with Crippen LogP contribution in [0.4, 0.5) is 0 Å². The first-order chi connectivity index (χ1) is 9.55. The van der Waals surface area contributed by atoms with Gasteiger partial charge >= 0.3 is 0 Å². The number of nitrogens with zero attached hydrogens (tertiary/aromatic N) is 1. The minimum atomic E-state index is -3.35. The lowest BCUT2D eigenvalue weighted by atomic mass is 10.1. The van der Waals surface area contributed by atoms with Crippen LogP contribution in [0, 0.1) is 0 Å². The number of rotatable bonds is 4. The minimum Gasteiger partial charge on any atom is -0.316 e. The zero-order chi connectivity index (χ0) is 14.6. The Bertz CT molecular complexity index is 525. The molecule has 1 aromatic rings. The summed E-state index contributed by atoms with van der Waals surface area (Å²) in [4.78, 5) is 0.408. The van der Waals surface area contributed by atoms with Gasteiger partial charge in [-0.05, 0) is 44.5 Å². The zero-order valence-electron chi connectivity index (χ0n) is 12.3. The van der Waals surface area contributed by atoms with E-state index in [1.54, 1.807) is 16.4 Å². The van der Waals surface area contributed by atoms with Crippen LogP contribution < -0.4 is 5.32 Å². The molecule has 4 nitrogen and oxygen atoms in total. The normalized spacial score (nSPS) is 21.6. The summed E-state index contributed by atoms with van der Waals surface area (Å²) in [7, 11) is -1.47. The third-order valence-electron chi connectivity index (χ3n) is 3.90. The van der Waals surface area contributed by atoms with Crippen LogP contribution in [-0.4, -0.2) is 32.4 Å². The monoisotopic (exact) mass is 296 g/mol. The predicted molar refractivity (Wildman–Crippen MR) is 81.0 cm³/mol. The lowest BCUT2D eigenvalue weighted by molar-refractivity contribution is 0.342. The molecular formula is C15H24N2O2S. The fourth-order valence-corrected chi connectivity index (χ4v) is 4.42. The molecule has 112 valence electrons. The fourth-order valence-electron chi connectivity index (χ4n) is 2.72. The Morgan fingerprint density at radius 2 is 1.90 bits per heavy atom. The highest BCUT2D eigenvalue weighted by molar-refractivity contribution is 7.89. The van der Waals surface area contributed by atoms with E-state index in [4.69, 9.17) is 0 Å². The van der Waals surface area contributed by atoms with Crippen molar-refractivity contribution in [2.24, 2.45) is 0 Å². The number of nitrogens with one attached hydrogen (secondary N) is 1. The molecule has 1 unspecified atom stereocenters. The van der Waals surface area contributed by atoms with E-state index in [1.165, 1.54) is 0 Å². The van der Waals surface area contributed by atoms with E-state index < -0.39 is 10.0 Å². The highest BCUT2D eigenvalue weighted by Gasteiger charge is 2.29. The van der Waals surface area contributed by atoms with Gasteiger partial charge in [-0.25, -0.2) is 8.42 Å². The summed E-state index contributed by atoms with van der Waals surface area (Å²) in [6.07, 6.45) is 4.16. The summed E-state index contributed by atoms with van der Waals surface area (Å²) in [5, 5.41) is 3.06. The van der Waals surface area contributed by atoms with Crippen LogP contribution in [0.1, 0.15) is 38.2 Å². The quantitative estimate of drug-likeness (QED) is 0.928. The largest absolute Gasteiger partial charge is 0.316 e. The number of sulfonamides is 1. The third-order valence-corrected chi connectivity index (χ3v) is 5.93. The Kier molecular flexibility index (Phi) is 5.18. The number of hydrogen-bond donors (Lipinski definition) is 1. The van der Waals surface area contributed by atoms with Crippen LogP contribution >= 0.6 is 0 Å². The zero-order valence-corrected chi connectivity index (χ0v) is 13.1.